The van der Waals surface area contributed by atoms with Gasteiger partial charge in [0.15, 0.2) is 0 Å². The third kappa shape index (κ3) is 13.2. The Morgan fingerprint density at radius 1 is 0.941 bits per heavy atom. The number of esters is 1. The van der Waals surface area contributed by atoms with Crippen LogP contribution in [0.4, 0.5) is 0 Å². The van der Waals surface area contributed by atoms with E-state index in [1.54, 1.807) is 6.92 Å². The summed E-state index contributed by atoms with van der Waals surface area (Å²) in [5, 5.41) is 0. The van der Waals surface area contributed by atoms with Gasteiger partial charge in [0, 0.05) is 6.54 Å². The van der Waals surface area contributed by atoms with E-state index in [0.29, 0.717) is 52.8 Å². The van der Waals surface area contributed by atoms with Gasteiger partial charge in [-0.05, 0) is 6.92 Å². The Labute approximate surface area is 102 Å². The predicted octanol–water partition coefficient (Wildman–Crippen LogP) is -0.0519. The average Bonchev–Trinajstić information content (AvgIpc) is 2.32. The van der Waals surface area contributed by atoms with Gasteiger partial charge >= 0.3 is 5.97 Å². The van der Waals surface area contributed by atoms with Crippen molar-refractivity contribution in [3.8, 4) is 0 Å². The summed E-state index contributed by atoms with van der Waals surface area (Å²) in [6.45, 7) is 5.67. The molecule has 0 heterocycles. The van der Waals surface area contributed by atoms with Gasteiger partial charge in [-0.3, -0.25) is 4.79 Å². The Kier molecular flexibility index (Phi) is 12.8. The standard InChI is InChI=1S/C11H23NO5/c1-2-17-11(13)3-5-14-7-9-16-10-8-15-6-4-12/h2-10,12H2,1H3. The SMILES string of the molecule is CCOC(=O)CCOCCOCCOCCN. The van der Waals surface area contributed by atoms with Gasteiger partial charge in [0.25, 0.3) is 0 Å². The first-order chi connectivity index (χ1) is 8.31. The monoisotopic (exact) mass is 249 g/mol. The summed E-state index contributed by atoms with van der Waals surface area (Å²) in [6, 6.07) is 0. The fourth-order valence-corrected chi connectivity index (χ4v) is 1.01. The summed E-state index contributed by atoms with van der Waals surface area (Å²) < 4.78 is 20.3. The van der Waals surface area contributed by atoms with E-state index in [0.717, 1.165) is 0 Å². The fourth-order valence-electron chi connectivity index (χ4n) is 1.01. The first kappa shape index (κ1) is 16.3. The molecule has 0 radical (unpaired) electrons. The second-order valence-electron chi connectivity index (χ2n) is 3.18. The molecule has 0 atom stereocenters. The van der Waals surface area contributed by atoms with Crippen molar-refractivity contribution in [2.45, 2.75) is 13.3 Å². The number of rotatable bonds is 12. The summed E-state index contributed by atoms with van der Waals surface area (Å²) in [4.78, 5) is 10.9. The Hall–Kier alpha value is -0.690. The van der Waals surface area contributed by atoms with E-state index in [1.807, 2.05) is 0 Å². The van der Waals surface area contributed by atoms with Crippen LogP contribution >= 0.6 is 0 Å². The molecule has 0 saturated carbocycles. The minimum absolute atomic E-state index is 0.233. The molecule has 0 rings (SSSR count). The highest BCUT2D eigenvalue weighted by atomic mass is 16.5. The zero-order valence-corrected chi connectivity index (χ0v) is 10.5. The van der Waals surface area contributed by atoms with Crippen molar-refractivity contribution in [1.82, 2.24) is 0 Å². The van der Waals surface area contributed by atoms with Crippen molar-refractivity contribution >= 4 is 5.97 Å². The smallest absolute Gasteiger partial charge is 0.308 e. The van der Waals surface area contributed by atoms with Gasteiger partial charge in [0.2, 0.25) is 0 Å². The minimum atomic E-state index is -0.233. The summed E-state index contributed by atoms with van der Waals surface area (Å²) in [7, 11) is 0. The van der Waals surface area contributed by atoms with E-state index in [-0.39, 0.29) is 12.4 Å². The molecule has 6 nitrogen and oxygen atoms in total. The van der Waals surface area contributed by atoms with E-state index < -0.39 is 0 Å². The molecule has 0 spiro atoms. The van der Waals surface area contributed by atoms with Gasteiger partial charge in [-0.25, -0.2) is 0 Å². The van der Waals surface area contributed by atoms with E-state index in [4.69, 9.17) is 24.7 Å². The Balaban J connectivity index is 3.01. The molecule has 0 aliphatic rings. The number of nitrogens with two attached hydrogens (primary N) is 1. The van der Waals surface area contributed by atoms with Gasteiger partial charge < -0.3 is 24.7 Å². The quantitative estimate of drug-likeness (QED) is 0.386. The van der Waals surface area contributed by atoms with Crippen LogP contribution < -0.4 is 5.73 Å². The summed E-state index contributed by atoms with van der Waals surface area (Å²) >= 11 is 0. The molecule has 0 aromatic rings. The maximum absolute atomic E-state index is 10.9. The molecule has 0 amide bonds. The lowest BCUT2D eigenvalue weighted by Crippen LogP contribution is -2.14. The van der Waals surface area contributed by atoms with Crippen LogP contribution in [0.1, 0.15) is 13.3 Å². The molecule has 0 saturated heterocycles. The molecular weight excluding hydrogens is 226 g/mol. The predicted molar refractivity (Wildman–Crippen MR) is 62.8 cm³/mol. The molecular formula is C11H23NO5. The number of carbonyl (C=O) groups is 1. The van der Waals surface area contributed by atoms with Crippen LogP contribution in [0, 0.1) is 0 Å². The normalized spacial score (nSPS) is 10.5. The molecule has 0 unspecified atom stereocenters. The van der Waals surface area contributed by atoms with E-state index >= 15 is 0 Å². The summed E-state index contributed by atoms with van der Waals surface area (Å²) in [5.74, 6) is -0.233. The fraction of sp³-hybridized carbons (Fsp3) is 0.909. The van der Waals surface area contributed by atoms with Crippen molar-refractivity contribution < 1.29 is 23.7 Å². The maximum Gasteiger partial charge on any atom is 0.308 e. The second kappa shape index (κ2) is 13.4. The molecule has 0 fully saturated rings. The number of carbonyl (C=O) groups excluding carboxylic acids is 1. The van der Waals surface area contributed by atoms with Crippen molar-refractivity contribution in [3.63, 3.8) is 0 Å². The topological polar surface area (TPSA) is 80.0 Å². The lowest BCUT2D eigenvalue weighted by atomic mass is 10.5. The van der Waals surface area contributed by atoms with Crippen LogP contribution in [-0.2, 0) is 23.7 Å². The maximum atomic E-state index is 10.9. The first-order valence-electron chi connectivity index (χ1n) is 5.90. The van der Waals surface area contributed by atoms with Crippen molar-refractivity contribution in [2.75, 3.05) is 52.8 Å². The van der Waals surface area contributed by atoms with Crippen molar-refractivity contribution in [3.05, 3.63) is 0 Å². The van der Waals surface area contributed by atoms with Gasteiger partial charge in [0.05, 0.1) is 52.7 Å². The molecule has 0 aromatic heterocycles. The van der Waals surface area contributed by atoms with Gasteiger partial charge in [-0.2, -0.15) is 0 Å². The van der Waals surface area contributed by atoms with E-state index in [2.05, 4.69) is 0 Å². The minimum Gasteiger partial charge on any atom is -0.466 e. The highest BCUT2D eigenvalue weighted by Gasteiger charge is 2.00. The third-order valence-electron chi connectivity index (χ3n) is 1.76. The molecule has 0 aromatic carbocycles. The Bertz CT molecular complexity index is 177. The van der Waals surface area contributed by atoms with Crippen LogP contribution in [0.25, 0.3) is 0 Å². The van der Waals surface area contributed by atoms with Gasteiger partial charge in [0.1, 0.15) is 0 Å². The highest BCUT2D eigenvalue weighted by molar-refractivity contribution is 5.69. The molecule has 6 heteroatoms. The number of hydrogen-bond acceptors (Lipinski definition) is 6. The van der Waals surface area contributed by atoms with Crippen molar-refractivity contribution in [1.29, 1.82) is 0 Å². The van der Waals surface area contributed by atoms with Gasteiger partial charge in [-0.15, -0.1) is 0 Å². The largest absolute Gasteiger partial charge is 0.466 e. The molecule has 17 heavy (non-hydrogen) atoms. The zero-order chi connectivity index (χ0) is 12.8. The van der Waals surface area contributed by atoms with E-state index in [9.17, 15) is 4.79 Å². The number of ether oxygens (including phenoxy) is 4. The summed E-state index contributed by atoms with van der Waals surface area (Å²) in [5.41, 5.74) is 5.25. The van der Waals surface area contributed by atoms with Gasteiger partial charge in [-0.1, -0.05) is 0 Å². The molecule has 0 bridgehead atoms. The Morgan fingerprint density at radius 3 is 2.00 bits per heavy atom. The molecule has 102 valence electrons. The van der Waals surface area contributed by atoms with Crippen LogP contribution in [0.3, 0.4) is 0 Å². The van der Waals surface area contributed by atoms with Crippen LogP contribution in [0.5, 0.6) is 0 Å². The zero-order valence-electron chi connectivity index (χ0n) is 10.5. The lowest BCUT2D eigenvalue weighted by molar-refractivity contribution is -0.144. The first-order valence-corrected chi connectivity index (χ1v) is 5.90. The van der Waals surface area contributed by atoms with E-state index in [1.165, 1.54) is 0 Å². The molecule has 0 aliphatic heterocycles. The van der Waals surface area contributed by atoms with Crippen molar-refractivity contribution in [2.24, 2.45) is 5.73 Å². The second-order valence-corrected chi connectivity index (χ2v) is 3.18. The highest BCUT2D eigenvalue weighted by Crippen LogP contribution is 1.88. The van der Waals surface area contributed by atoms with Crippen LogP contribution in [0.15, 0.2) is 0 Å². The number of hydrogen-bond donors (Lipinski definition) is 1. The molecule has 2 N–H and O–H groups in total. The Morgan fingerprint density at radius 2 is 1.47 bits per heavy atom. The van der Waals surface area contributed by atoms with Crippen LogP contribution in [-0.4, -0.2) is 58.8 Å². The molecule has 0 aliphatic carbocycles. The average molecular weight is 249 g/mol. The third-order valence-corrected chi connectivity index (χ3v) is 1.76. The summed E-state index contributed by atoms with van der Waals surface area (Å²) in [6.07, 6.45) is 0.285. The van der Waals surface area contributed by atoms with Crippen LogP contribution in [0.2, 0.25) is 0 Å². The lowest BCUT2D eigenvalue weighted by Gasteiger charge is -2.06.